The third-order valence-corrected chi connectivity index (χ3v) is 2.05. The summed E-state index contributed by atoms with van der Waals surface area (Å²) in [5.74, 6) is -0.420. The second-order valence-electron chi connectivity index (χ2n) is 3.11. The van der Waals surface area contributed by atoms with Gasteiger partial charge in [0.2, 0.25) is 0 Å². The molecular formula is C10H8F2N2O. The topological polar surface area (TPSA) is 32.7 Å². The molecule has 1 aromatic rings. The molecule has 0 aromatic heterocycles. The van der Waals surface area contributed by atoms with Gasteiger partial charge in [0.25, 0.3) is 12.3 Å². The number of nitrogens with zero attached hydrogens (tertiary/aromatic N) is 2. The molecule has 5 heteroatoms. The average Bonchev–Trinajstić information content (AvgIpc) is 2.62. The number of benzene rings is 1. The molecule has 1 aliphatic heterocycles. The Labute approximate surface area is 85.0 Å². The van der Waals surface area contributed by atoms with E-state index < -0.39 is 12.3 Å². The van der Waals surface area contributed by atoms with Crippen LogP contribution in [0.25, 0.3) is 0 Å². The van der Waals surface area contributed by atoms with Gasteiger partial charge in [0.1, 0.15) is 5.71 Å². The minimum Gasteiger partial charge on any atom is -0.272 e. The van der Waals surface area contributed by atoms with Gasteiger partial charge < -0.3 is 0 Å². The first-order valence-electron chi connectivity index (χ1n) is 4.42. The Morgan fingerprint density at radius 2 is 1.93 bits per heavy atom. The van der Waals surface area contributed by atoms with E-state index in [2.05, 4.69) is 5.10 Å². The lowest BCUT2D eigenvalue weighted by atomic mass is 10.2. The summed E-state index contributed by atoms with van der Waals surface area (Å²) in [4.78, 5) is 11.4. The lowest BCUT2D eigenvalue weighted by molar-refractivity contribution is -0.117. The molecule has 1 heterocycles. The van der Waals surface area contributed by atoms with E-state index >= 15 is 0 Å². The van der Waals surface area contributed by atoms with Crippen LogP contribution in [-0.2, 0) is 4.79 Å². The second-order valence-corrected chi connectivity index (χ2v) is 3.11. The molecule has 0 aliphatic carbocycles. The van der Waals surface area contributed by atoms with Crippen LogP contribution in [0.4, 0.5) is 14.5 Å². The fraction of sp³-hybridized carbons (Fsp3) is 0.200. The fourth-order valence-electron chi connectivity index (χ4n) is 1.34. The summed E-state index contributed by atoms with van der Waals surface area (Å²) in [5.41, 5.74) is 0.141. The maximum Gasteiger partial charge on any atom is 0.278 e. The summed E-state index contributed by atoms with van der Waals surface area (Å²) >= 11 is 0. The van der Waals surface area contributed by atoms with Crippen LogP contribution in [0.1, 0.15) is 6.42 Å². The average molecular weight is 210 g/mol. The van der Waals surface area contributed by atoms with Crippen molar-refractivity contribution >= 4 is 17.3 Å². The SMILES string of the molecule is O=C1CC(C(F)F)=NN1c1ccccc1. The Morgan fingerprint density at radius 3 is 2.47 bits per heavy atom. The van der Waals surface area contributed by atoms with Crippen LogP contribution in [0.5, 0.6) is 0 Å². The molecule has 0 saturated heterocycles. The molecule has 0 saturated carbocycles. The number of carbonyl (C=O) groups excluding carboxylic acids is 1. The lowest BCUT2D eigenvalue weighted by Gasteiger charge is -2.10. The van der Waals surface area contributed by atoms with Crippen molar-refractivity contribution in [2.24, 2.45) is 5.10 Å². The third-order valence-electron chi connectivity index (χ3n) is 2.05. The van der Waals surface area contributed by atoms with E-state index in [1.807, 2.05) is 0 Å². The summed E-state index contributed by atoms with van der Waals surface area (Å²) in [6.07, 6.45) is -2.96. The van der Waals surface area contributed by atoms with Gasteiger partial charge in [-0.25, -0.2) is 13.8 Å². The maximum atomic E-state index is 12.3. The van der Waals surface area contributed by atoms with Crippen LogP contribution in [0.3, 0.4) is 0 Å². The largest absolute Gasteiger partial charge is 0.278 e. The molecule has 0 spiro atoms. The van der Waals surface area contributed by atoms with Gasteiger partial charge in [0.05, 0.1) is 12.1 Å². The van der Waals surface area contributed by atoms with Crippen molar-refractivity contribution < 1.29 is 13.6 Å². The highest BCUT2D eigenvalue weighted by molar-refractivity contribution is 6.13. The van der Waals surface area contributed by atoms with Crippen LogP contribution >= 0.6 is 0 Å². The maximum absolute atomic E-state index is 12.3. The van der Waals surface area contributed by atoms with Gasteiger partial charge in [-0.1, -0.05) is 18.2 Å². The highest BCUT2D eigenvalue weighted by Crippen LogP contribution is 2.21. The highest BCUT2D eigenvalue weighted by Gasteiger charge is 2.29. The Balaban J connectivity index is 2.28. The minimum absolute atomic E-state index is 0.299. The van der Waals surface area contributed by atoms with Gasteiger partial charge in [-0.2, -0.15) is 5.10 Å². The monoisotopic (exact) mass is 210 g/mol. The van der Waals surface area contributed by atoms with Gasteiger partial charge >= 0.3 is 0 Å². The number of halogens is 2. The fourth-order valence-corrected chi connectivity index (χ4v) is 1.34. The van der Waals surface area contributed by atoms with Gasteiger partial charge in [-0.15, -0.1) is 0 Å². The predicted molar refractivity (Wildman–Crippen MR) is 52.0 cm³/mol. The van der Waals surface area contributed by atoms with E-state index in [0.717, 1.165) is 5.01 Å². The number of hydrogen-bond donors (Lipinski definition) is 0. The Morgan fingerprint density at radius 1 is 1.27 bits per heavy atom. The molecule has 1 aliphatic rings. The molecule has 3 nitrogen and oxygen atoms in total. The molecule has 0 N–H and O–H groups in total. The molecule has 78 valence electrons. The van der Waals surface area contributed by atoms with Gasteiger partial charge in [0, 0.05) is 0 Å². The number of hydrogen-bond acceptors (Lipinski definition) is 2. The summed E-state index contributed by atoms with van der Waals surface area (Å²) in [7, 11) is 0. The van der Waals surface area contributed by atoms with Gasteiger partial charge in [0.15, 0.2) is 0 Å². The molecule has 0 bridgehead atoms. The quantitative estimate of drug-likeness (QED) is 0.735. The van der Waals surface area contributed by atoms with Crippen LogP contribution in [0.2, 0.25) is 0 Å². The van der Waals surface area contributed by atoms with Crippen molar-refractivity contribution in [1.82, 2.24) is 0 Å². The van der Waals surface area contributed by atoms with Crippen molar-refractivity contribution in [1.29, 1.82) is 0 Å². The molecular weight excluding hydrogens is 202 g/mol. The molecule has 2 rings (SSSR count). The standard InChI is InChI=1S/C10H8F2N2O/c11-10(12)8-6-9(15)14(13-8)7-4-2-1-3-5-7/h1-5,10H,6H2. The van der Waals surface area contributed by atoms with Crippen LogP contribution < -0.4 is 5.01 Å². The van der Waals surface area contributed by atoms with Crippen LogP contribution in [-0.4, -0.2) is 18.0 Å². The lowest BCUT2D eigenvalue weighted by Crippen LogP contribution is -2.19. The van der Waals surface area contributed by atoms with E-state index in [4.69, 9.17) is 0 Å². The van der Waals surface area contributed by atoms with Crippen molar-refractivity contribution in [3.05, 3.63) is 30.3 Å². The predicted octanol–water partition coefficient (Wildman–Crippen LogP) is 2.04. The van der Waals surface area contributed by atoms with Crippen molar-refractivity contribution in [3.63, 3.8) is 0 Å². The van der Waals surface area contributed by atoms with E-state index in [0.29, 0.717) is 5.69 Å². The first-order valence-corrected chi connectivity index (χ1v) is 4.42. The van der Waals surface area contributed by atoms with E-state index in [1.54, 1.807) is 30.3 Å². The number of hydrazone groups is 1. The van der Waals surface area contributed by atoms with Crippen molar-refractivity contribution in [2.75, 3.05) is 5.01 Å². The number of alkyl halides is 2. The minimum atomic E-state index is -2.66. The molecule has 15 heavy (non-hydrogen) atoms. The van der Waals surface area contributed by atoms with Crippen LogP contribution in [0, 0.1) is 0 Å². The summed E-state index contributed by atoms with van der Waals surface area (Å²) in [6, 6.07) is 8.52. The first kappa shape index (κ1) is 9.76. The van der Waals surface area contributed by atoms with Gasteiger partial charge in [-0.05, 0) is 12.1 Å². The number of para-hydroxylation sites is 1. The van der Waals surface area contributed by atoms with Gasteiger partial charge in [-0.3, -0.25) is 4.79 Å². The molecule has 0 unspecified atom stereocenters. The number of rotatable bonds is 2. The van der Waals surface area contributed by atoms with Crippen molar-refractivity contribution in [2.45, 2.75) is 12.8 Å². The normalized spacial score (nSPS) is 16.1. The Kier molecular flexibility index (Phi) is 2.45. The molecule has 0 atom stereocenters. The number of carbonyl (C=O) groups is 1. The van der Waals surface area contributed by atoms with Crippen LogP contribution in [0.15, 0.2) is 35.4 Å². The Hall–Kier alpha value is -1.78. The Bertz CT molecular complexity index is 403. The third kappa shape index (κ3) is 1.86. The molecule has 0 fully saturated rings. The zero-order chi connectivity index (χ0) is 10.8. The zero-order valence-electron chi connectivity index (χ0n) is 7.73. The zero-order valence-corrected chi connectivity index (χ0v) is 7.73. The summed E-state index contributed by atoms with van der Waals surface area (Å²) in [6.45, 7) is 0. The number of anilines is 1. The number of amides is 1. The summed E-state index contributed by atoms with van der Waals surface area (Å²) in [5, 5.41) is 4.60. The highest BCUT2D eigenvalue weighted by atomic mass is 19.3. The van der Waals surface area contributed by atoms with E-state index in [-0.39, 0.29) is 12.1 Å². The second kappa shape index (κ2) is 3.76. The summed E-state index contributed by atoms with van der Waals surface area (Å²) < 4.78 is 24.6. The molecule has 1 amide bonds. The van der Waals surface area contributed by atoms with Crippen molar-refractivity contribution in [3.8, 4) is 0 Å². The van der Waals surface area contributed by atoms with E-state index in [9.17, 15) is 13.6 Å². The smallest absolute Gasteiger partial charge is 0.272 e. The first-order chi connectivity index (χ1) is 7.18. The molecule has 0 radical (unpaired) electrons. The van der Waals surface area contributed by atoms with E-state index in [1.165, 1.54) is 0 Å². The molecule has 1 aromatic carbocycles.